The zero-order chi connectivity index (χ0) is 12.8. The minimum absolute atomic E-state index is 0.574. The number of fused-ring (bicyclic) bond motifs is 3. The van der Waals surface area contributed by atoms with Gasteiger partial charge in [-0.3, -0.25) is 9.38 Å². The van der Waals surface area contributed by atoms with Crippen molar-refractivity contribution >= 4 is 22.5 Å². The lowest BCUT2D eigenvalue weighted by atomic mass is 10.2. The Labute approximate surface area is 106 Å². The molecule has 0 amide bonds. The summed E-state index contributed by atoms with van der Waals surface area (Å²) in [6.07, 6.45) is 6.48. The minimum Gasteiger partial charge on any atom is -0.397 e. The number of pyridine rings is 1. The molecule has 92 valence electrons. The van der Waals surface area contributed by atoms with Gasteiger partial charge in [-0.1, -0.05) is 0 Å². The van der Waals surface area contributed by atoms with Crippen molar-refractivity contribution < 1.29 is 0 Å². The molecule has 4 heterocycles. The van der Waals surface area contributed by atoms with E-state index in [4.69, 9.17) is 5.73 Å². The maximum absolute atomic E-state index is 5.73. The molecule has 0 saturated heterocycles. The second-order valence-electron chi connectivity index (χ2n) is 4.07. The van der Waals surface area contributed by atoms with Gasteiger partial charge < -0.3 is 10.7 Å². The maximum Gasteiger partial charge on any atom is 0.190 e. The molecule has 4 rings (SSSR count). The summed E-state index contributed by atoms with van der Waals surface area (Å²) in [6, 6.07) is 1.79. The van der Waals surface area contributed by atoms with E-state index in [2.05, 4.69) is 30.1 Å². The van der Waals surface area contributed by atoms with Gasteiger partial charge in [-0.2, -0.15) is 0 Å². The third-order valence-corrected chi connectivity index (χ3v) is 2.85. The molecule has 3 N–H and O–H groups in total. The van der Waals surface area contributed by atoms with E-state index in [1.807, 2.05) is 0 Å². The number of nitrogens with one attached hydrogen (secondary N) is 1. The highest BCUT2D eigenvalue weighted by Crippen LogP contribution is 2.21. The summed E-state index contributed by atoms with van der Waals surface area (Å²) < 4.78 is 1.77. The summed E-state index contributed by atoms with van der Waals surface area (Å²) >= 11 is 0. The smallest absolute Gasteiger partial charge is 0.190 e. The number of imidazole rings is 1. The van der Waals surface area contributed by atoms with Gasteiger partial charge in [-0.15, -0.1) is 10.2 Å². The number of anilines is 1. The van der Waals surface area contributed by atoms with Crippen LogP contribution in [0.25, 0.3) is 28.2 Å². The zero-order valence-corrected chi connectivity index (χ0v) is 9.65. The van der Waals surface area contributed by atoms with Crippen LogP contribution in [0.15, 0.2) is 31.1 Å². The number of H-pyrrole nitrogens is 1. The van der Waals surface area contributed by atoms with Gasteiger partial charge in [0.1, 0.15) is 11.8 Å². The molecule has 19 heavy (non-hydrogen) atoms. The van der Waals surface area contributed by atoms with Crippen molar-refractivity contribution in [2.45, 2.75) is 0 Å². The number of nitrogen functional groups attached to an aromatic ring is 1. The van der Waals surface area contributed by atoms with Crippen LogP contribution in [-0.2, 0) is 0 Å². The van der Waals surface area contributed by atoms with Crippen molar-refractivity contribution in [2.75, 3.05) is 5.73 Å². The van der Waals surface area contributed by atoms with Crippen LogP contribution in [0.5, 0.6) is 0 Å². The summed E-state index contributed by atoms with van der Waals surface area (Å²) in [6.45, 7) is 0. The van der Waals surface area contributed by atoms with Gasteiger partial charge in [0.25, 0.3) is 0 Å². The Kier molecular flexibility index (Phi) is 1.82. The number of hydrogen-bond donors (Lipinski definition) is 2. The topological polar surface area (TPSA) is 111 Å². The van der Waals surface area contributed by atoms with Crippen molar-refractivity contribution in [2.24, 2.45) is 0 Å². The first-order valence-electron chi connectivity index (χ1n) is 5.56. The van der Waals surface area contributed by atoms with E-state index >= 15 is 0 Å². The van der Waals surface area contributed by atoms with E-state index < -0.39 is 0 Å². The highest BCUT2D eigenvalue weighted by molar-refractivity contribution is 5.85. The molecular formula is C11H8N8. The van der Waals surface area contributed by atoms with Crippen LogP contribution in [0.1, 0.15) is 0 Å². The van der Waals surface area contributed by atoms with Gasteiger partial charge in [0.05, 0.1) is 12.0 Å². The van der Waals surface area contributed by atoms with E-state index in [1.165, 1.54) is 0 Å². The SMILES string of the molecule is Nc1cncc(-c2nnc3c4[nH]cnc4ncn23)c1. The fraction of sp³-hybridized carbons (Fsp3) is 0. The van der Waals surface area contributed by atoms with Crippen LogP contribution < -0.4 is 5.73 Å². The molecule has 0 saturated carbocycles. The molecule has 0 unspecified atom stereocenters. The van der Waals surface area contributed by atoms with E-state index in [9.17, 15) is 0 Å². The Bertz CT molecular complexity index is 890. The summed E-state index contributed by atoms with van der Waals surface area (Å²) in [7, 11) is 0. The Hall–Kier alpha value is -3.03. The van der Waals surface area contributed by atoms with Crippen LogP contribution in [0.3, 0.4) is 0 Å². The van der Waals surface area contributed by atoms with Crippen molar-refractivity contribution in [1.29, 1.82) is 0 Å². The molecule has 8 heteroatoms. The Morgan fingerprint density at radius 1 is 1.16 bits per heavy atom. The Morgan fingerprint density at radius 2 is 2.11 bits per heavy atom. The molecule has 0 bridgehead atoms. The van der Waals surface area contributed by atoms with E-state index in [1.54, 1.807) is 35.5 Å². The molecule has 0 atom stereocenters. The first-order chi connectivity index (χ1) is 9.33. The fourth-order valence-corrected chi connectivity index (χ4v) is 2.01. The van der Waals surface area contributed by atoms with Crippen molar-refractivity contribution in [3.05, 3.63) is 31.1 Å². The molecule has 4 aromatic heterocycles. The first kappa shape index (κ1) is 9.95. The monoisotopic (exact) mass is 252 g/mol. The quantitative estimate of drug-likeness (QED) is 0.514. The molecule has 0 aromatic carbocycles. The highest BCUT2D eigenvalue weighted by atomic mass is 15.3. The van der Waals surface area contributed by atoms with Crippen molar-refractivity contribution in [3.8, 4) is 11.4 Å². The summed E-state index contributed by atoms with van der Waals surface area (Å²) in [5.41, 5.74) is 9.11. The molecular weight excluding hydrogens is 244 g/mol. The van der Waals surface area contributed by atoms with Crippen LogP contribution in [0.4, 0.5) is 5.69 Å². The van der Waals surface area contributed by atoms with E-state index in [0.717, 1.165) is 11.1 Å². The number of nitrogens with zero attached hydrogens (tertiary/aromatic N) is 6. The highest BCUT2D eigenvalue weighted by Gasteiger charge is 2.12. The Balaban J connectivity index is 2.05. The molecule has 8 nitrogen and oxygen atoms in total. The van der Waals surface area contributed by atoms with Crippen LogP contribution in [-0.4, -0.2) is 34.5 Å². The molecule has 0 spiro atoms. The maximum atomic E-state index is 5.73. The molecule has 0 radical (unpaired) electrons. The summed E-state index contributed by atoms with van der Waals surface area (Å²) in [4.78, 5) is 15.4. The zero-order valence-electron chi connectivity index (χ0n) is 9.65. The van der Waals surface area contributed by atoms with E-state index in [0.29, 0.717) is 22.8 Å². The molecule has 0 aliphatic carbocycles. The standard InChI is InChI=1S/C11H8N8/c12-7-1-6(2-13-3-7)10-17-18-11-8-9(15-4-14-8)16-5-19(10)11/h1-5H,12H2,(H,14,15). The minimum atomic E-state index is 0.574. The number of nitrogens with two attached hydrogens (primary N) is 1. The lowest BCUT2D eigenvalue weighted by Crippen LogP contribution is -1.94. The lowest BCUT2D eigenvalue weighted by Gasteiger charge is -2.00. The predicted molar refractivity (Wildman–Crippen MR) is 68.1 cm³/mol. The predicted octanol–water partition coefficient (Wildman–Crippen LogP) is 0.645. The van der Waals surface area contributed by atoms with Gasteiger partial charge in [-0.25, -0.2) is 9.97 Å². The van der Waals surface area contributed by atoms with Gasteiger partial charge in [0, 0.05) is 18.0 Å². The Morgan fingerprint density at radius 3 is 3.00 bits per heavy atom. The third-order valence-electron chi connectivity index (χ3n) is 2.85. The number of rotatable bonds is 1. The number of aromatic nitrogens is 7. The molecule has 0 fully saturated rings. The number of hydrogen-bond acceptors (Lipinski definition) is 6. The second kappa shape index (κ2) is 3.48. The number of aromatic amines is 1. The van der Waals surface area contributed by atoms with Gasteiger partial charge >= 0.3 is 0 Å². The summed E-state index contributed by atoms with van der Waals surface area (Å²) in [5, 5.41) is 8.32. The van der Waals surface area contributed by atoms with Crippen molar-refractivity contribution in [1.82, 2.24) is 34.5 Å². The van der Waals surface area contributed by atoms with E-state index in [-0.39, 0.29) is 0 Å². The molecule has 4 aromatic rings. The average Bonchev–Trinajstić information content (AvgIpc) is 3.04. The van der Waals surface area contributed by atoms with Gasteiger partial charge in [0.2, 0.25) is 0 Å². The van der Waals surface area contributed by atoms with Crippen LogP contribution >= 0.6 is 0 Å². The third kappa shape index (κ3) is 1.36. The largest absolute Gasteiger partial charge is 0.397 e. The summed E-state index contributed by atoms with van der Waals surface area (Å²) in [5.74, 6) is 0.638. The average molecular weight is 252 g/mol. The van der Waals surface area contributed by atoms with Crippen molar-refractivity contribution in [3.63, 3.8) is 0 Å². The molecule has 0 aliphatic heterocycles. The lowest BCUT2D eigenvalue weighted by molar-refractivity contribution is 1.08. The first-order valence-corrected chi connectivity index (χ1v) is 5.56. The normalized spacial score (nSPS) is 11.4. The second-order valence-corrected chi connectivity index (χ2v) is 4.07. The van der Waals surface area contributed by atoms with Gasteiger partial charge in [-0.05, 0) is 6.07 Å². The molecule has 0 aliphatic rings. The fourth-order valence-electron chi connectivity index (χ4n) is 2.01. The van der Waals surface area contributed by atoms with Gasteiger partial charge in [0.15, 0.2) is 17.1 Å². The van der Waals surface area contributed by atoms with Crippen LogP contribution in [0, 0.1) is 0 Å². The van der Waals surface area contributed by atoms with Crippen LogP contribution in [0.2, 0.25) is 0 Å².